The Kier molecular flexibility index (Phi) is 3.93. The SMILES string of the molecule is Cc1cccc2c1NC(=O)[C@]21[C@@H]2C(=O)N(c3cccc([N+](=O)[O-])c3C)C(=O)[C@@H]2[C@H]2CCCN21. The second-order valence-electron chi connectivity index (χ2n) is 9.31. The fourth-order valence-corrected chi connectivity index (χ4v) is 6.67. The molecule has 6 rings (SSSR count). The van der Waals surface area contributed by atoms with Crippen LogP contribution in [0, 0.1) is 35.8 Å². The molecule has 168 valence electrons. The van der Waals surface area contributed by atoms with Crippen molar-refractivity contribution in [2.24, 2.45) is 11.8 Å². The van der Waals surface area contributed by atoms with E-state index in [4.69, 9.17) is 0 Å². The molecule has 0 bridgehead atoms. The van der Waals surface area contributed by atoms with Crippen LogP contribution in [0.1, 0.15) is 29.5 Å². The van der Waals surface area contributed by atoms with Gasteiger partial charge in [-0.15, -0.1) is 0 Å². The largest absolute Gasteiger partial charge is 0.324 e. The number of hydrogen-bond acceptors (Lipinski definition) is 6. The molecule has 3 saturated heterocycles. The summed E-state index contributed by atoms with van der Waals surface area (Å²) >= 11 is 0. The number of aryl methyl sites for hydroxylation is 1. The van der Waals surface area contributed by atoms with Crippen molar-refractivity contribution < 1.29 is 19.3 Å². The quantitative estimate of drug-likeness (QED) is 0.431. The highest BCUT2D eigenvalue weighted by molar-refractivity contribution is 6.26. The summed E-state index contributed by atoms with van der Waals surface area (Å²) in [4.78, 5) is 55.6. The van der Waals surface area contributed by atoms with Crippen molar-refractivity contribution in [3.63, 3.8) is 0 Å². The number of benzene rings is 2. The lowest BCUT2D eigenvalue weighted by Gasteiger charge is -2.36. The van der Waals surface area contributed by atoms with Crippen LogP contribution in [-0.4, -0.2) is 40.1 Å². The minimum atomic E-state index is -1.25. The molecule has 2 aromatic rings. The fraction of sp³-hybridized carbons (Fsp3) is 0.375. The van der Waals surface area contributed by atoms with Gasteiger partial charge in [-0.3, -0.25) is 29.4 Å². The number of fused-ring (bicyclic) bond motifs is 7. The van der Waals surface area contributed by atoms with Crippen molar-refractivity contribution >= 4 is 34.8 Å². The maximum atomic E-state index is 14.0. The highest BCUT2D eigenvalue weighted by Crippen LogP contribution is 2.61. The number of nitrogens with one attached hydrogen (secondary N) is 1. The summed E-state index contributed by atoms with van der Waals surface area (Å²) in [7, 11) is 0. The van der Waals surface area contributed by atoms with Gasteiger partial charge >= 0.3 is 0 Å². The van der Waals surface area contributed by atoms with Crippen LogP contribution in [0.15, 0.2) is 36.4 Å². The minimum absolute atomic E-state index is 0.151. The maximum Gasteiger partial charge on any atom is 0.274 e. The first-order valence-electron chi connectivity index (χ1n) is 11.1. The zero-order chi connectivity index (χ0) is 23.2. The molecule has 3 fully saturated rings. The van der Waals surface area contributed by atoms with Gasteiger partial charge < -0.3 is 5.32 Å². The molecule has 0 radical (unpaired) electrons. The number of imide groups is 1. The van der Waals surface area contributed by atoms with E-state index in [0.29, 0.717) is 12.2 Å². The Balaban J connectivity index is 1.56. The van der Waals surface area contributed by atoms with E-state index in [1.165, 1.54) is 12.1 Å². The number of carbonyl (C=O) groups is 3. The van der Waals surface area contributed by atoms with E-state index in [-0.39, 0.29) is 34.8 Å². The van der Waals surface area contributed by atoms with Gasteiger partial charge in [-0.25, -0.2) is 4.90 Å². The van der Waals surface area contributed by atoms with E-state index in [1.54, 1.807) is 13.0 Å². The monoisotopic (exact) mass is 446 g/mol. The minimum Gasteiger partial charge on any atom is -0.324 e. The summed E-state index contributed by atoms with van der Waals surface area (Å²) in [5.41, 5.74) is 1.43. The third-order valence-corrected chi connectivity index (χ3v) is 7.95. The molecule has 1 spiro atoms. The van der Waals surface area contributed by atoms with Gasteiger partial charge in [0, 0.05) is 23.4 Å². The van der Waals surface area contributed by atoms with Crippen LogP contribution in [0.2, 0.25) is 0 Å². The average Bonchev–Trinajstić information content (AvgIpc) is 3.48. The molecule has 1 N–H and O–H groups in total. The van der Waals surface area contributed by atoms with Crippen LogP contribution in [0.3, 0.4) is 0 Å². The molecule has 2 aromatic carbocycles. The van der Waals surface area contributed by atoms with Crippen LogP contribution >= 0.6 is 0 Å². The second-order valence-corrected chi connectivity index (χ2v) is 9.31. The Hall–Kier alpha value is -3.59. The van der Waals surface area contributed by atoms with Gasteiger partial charge in [-0.2, -0.15) is 0 Å². The van der Waals surface area contributed by atoms with Crippen LogP contribution < -0.4 is 10.2 Å². The van der Waals surface area contributed by atoms with Gasteiger partial charge in [-0.05, 0) is 44.9 Å². The molecular formula is C24H22N4O5. The summed E-state index contributed by atoms with van der Waals surface area (Å²) in [5, 5.41) is 14.5. The Morgan fingerprint density at radius 2 is 1.85 bits per heavy atom. The van der Waals surface area contributed by atoms with Crippen molar-refractivity contribution in [2.45, 2.75) is 38.3 Å². The van der Waals surface area contributed by atoms with Gasteiger partial charge in [0.1, 0.15) is 5.54 Å². The van der Waals surface area contributed by atoms with Crippen LogP contribution in [0.5, 0.6) is 0 Å². The summed E-state index contributed by atoms with van der Waals surface area (Å²) in [5.74, 6) is -2.67. The smallest absolute Gasteiger partial charge is 0.274 e. The number of nitrogens with zero attached hydrogens (tertiary/aromatic N) is 3. The number of anilines is 2. The normalized spacial score (nSPS) is 30.1. The predicted octanol–water partition coefficient (Wildman–Crippen LogP) is 2.64. The first-order valence-corrected chi connectivity index (χ1v) is 11.1. The van der Waals surface area contributed by atoms with Gasteiger partial charge in [0.25, 0.3) is 5.69 Å². The third kappa shape index (κ3) is 2.22. The molecule has 4 heterocycles. The number of para-hydroxylation sites is 1. The molecule has 0 unspecified atom stereocenters. The summed E-state index contributed by atoms with van der Waals surface area (Å²) in [6, 6.07) is 9.82. The first-order chi connectivity index (χ1) is 15.8. The van der Waals surface area contributed by atoms with Crippen molar-refractivity contribution in [3.8, 4) is 0 Å². The van der Waals surface area contributed by atoms with Crippen LogP contribution in [0.4, 0.5) is 17.1 Å². The van der Waals surface area contributed by atoms with E-state index in [0.717, 1.165) is 28.9 Å². The molecule has 33 heavy (non-hydrogen) atoms. The molecular weight excluding hydrogens is 424 g/mol. The van der Waals surface area contributed by atoms with Crippen molar-refractivity contribution in [1.29, 1.82) is 0 Å². The second kappa shape index (κ2) is 6.48. The number of nitro groups is 1. The molecule has 4 atom stereocenters. The van der Waals surface area contributed by atoms with Gasteiger partial charge in [-0.1, -0.05) is 24.3 Å². The Bertz CT molecular complexity index is 1290. The van der Waals surface area contributed by atoms with Crippen LogP contribution in [0.25, 0.3) is 0 Å². The summed E-state index contributed by atoms with van der Waals surface area (Å²) < 4.78 is 0. The Morgan fingerprint density at radius 1 is 1.09 bits per heavy atom. The average molecular weight is 446 g/mol. The molecule has 9 nitrogen and oxygen atoms in total. The van der Waals surface area contributed by atoms with E-state index < -0.39 is 28.2 Å². The van der Waals surface area contributed by atoms with E-state index in [2.05, 4.69) is 10.2 Å². The third-order valence-electron chi connectivity index (χ3n) is 7.95. The lowest BCUT2D eigenvalue weighted by Crippen LogP contribution is -2.54. The number of rotatable bonds is 2. The summed E-state index contributed by atoms with van der Waals surface area (Å²) in [6.45, 7) is 4.09. The van der Waals surface area contributed by atoms with Gasteiger partial charge in [0.2, 0.25) is 17.7 Å². The molecule has 3 amide bonds. The fourth-order valence-electron chi connectivity index (χ4n) is 6.67. The Labute approximate surface area is 189 Å². The number of carbonyl (C=O) groups excluding carboxylic acids is 3. The maximum absolute atomic E-state index is 14.0. The number of hydrogen-bond donors (Lipinski definition) is 1. The lowest BCUT2D eigenvalue weighted by molar-refractivity contribution is -0.385. The van der Waals surface area contributed by atoms with E-state index >= 15 is 0 Å². The van der Waals surface area contributed by atoms with Crippen molar-refractivity contribution in [2.75, 3.05) is 16.8 Å². The molecule has 0 aromatic heterocycles. The van der Waals surface area contributed by atoms with Crippen molar-refractivity contribution in [1.82, 2.24) is 4.90 Å². The van der Waals surface area contributed by atoms with Crippen LogP contribution in [-0.2, 0) is 19.9 Å². The first kappa shape index (κ1) is 20.0. The highest BCUT2D eigenvalue weighted by Gasteiger charge is 2.74. The molecule has 4 aliphatic heterocycles. The highest BCUT2D eigenvalue weighted by atomic mass is 16.6. The summed E-state index contributed by atoms with van der Waals surface area (Å²) in [6.07, 6.45) is 1.56. The standard InChI is InChI=1S/C24H22N4O5/c1-12-6-3-7-14-20(12)25-23(31)24(14)19-18(17-10-5-11-26(17)24)21(29)27(22(19)30)15-8-4-9-16(13(15)2)28(32)33/h3-4,6-9,17-19H,5,10-11H2,1-2H3,(H,25,31)/t17-,18-,19+,24-/m1/s1. The molecule has 4 aliphatic rings. The zero-order valence-corrected chi connectivity index (χ0v) is 18.2. The topological polar surface area (TPSA) is 113 Å². The predicted molar refractivity (Wildman–Crippen MR) is 119 cm³/mol. The number of nitro benzene ring substituents is 1. The Morgan fingerprint density at radius 3 is 2.61 bits per heavy atom. The molecule has 9 heteroatoms. The molecule has 0 saturated carbocycles. The van der Waals surface area contributed by atoms with E-state index in [1.807, 2.05) is 25.1 Å². The van der Waals surface area contributed by atoms with E-state index in [9.17, 15) is 24.5 Å². The van der Waals surface area contributed by atoms with Gasteiger partial charge in [0.15, 0.2) is 0 Å². The molecule has 0 aliphatic carbocycles. The van der Waals surface area contributed by atoms with Crippen molar-refractivity contribution in [3.05, 3.63) is 63.2 Å². The lowest BCUT2D eigenvalue weighted by atomic mass is 9.75. The zero-order valence-electron chi connectivity index (χ0n) is 18.2. The number of amides is 3. The van der Waals surface area contributed by atoms with Gasteiger partial charge in [0.05, 0.1) is 28.0 Å².